The van der Waals surface area contributed by atoms with Gasteiger partial charge in [-0.2, -0.15) is 9.78 Å². The average Bonchev–Trinajstić information content (AvgIpc) is 2.72. The molecule has 3 aromatic rings. The summed E-state index contributed by atoms with van der Waals surface area (Å²) in [6.45, 7) is 1.68. The van der Waals surface area contributed by atoms with Crippen LogP contribution in [0, 0.1) is 22.5 Å². The lowest BCUT2D eigenvalue weighted by molar-refractivity contribution is -0.385. The third-order valence-corrected chi connectivity index (χ3v) is 4.83. The molecule has 0 aliphatic rings. The highest BCUT2D eigenvalue weighted by molar-refractivity contribution is 9.10. The number of nitro groups is 1. The van der Waals surface area contributed by atoms with E-state index in [-0.39, 0.29) is 28.6 Å². The summed E-state index contributed by atoms with van der Waals surface area (Å²) in [5.74, 6) is 2.55. The van der Waals surface area contributed by atoms with Crippen LogP contribution in [-0.2, 0) is 6.42 Å². The van der Waals surface area contributed by atoms with Crippen molar-refractivity contribution in [2.75, 3.05) is 6.61 Å². The maximum Gasteiger partial charge on any atom is 0.313 e. The van der Waals surface area contributed by atoms with Gasteiger partial charge in [-0.15, -0.1) is 6.42 Å². The summed E-state index contributed by atoms with van der Waals surface area (Å²) in [6, 6.07) is 7.88. The summed E-state index contributed by atoms with van der Waals surface area (Å²) in [7, 11) is 0. The Morgan fingerprint density at radius 2 is 2.20 bits per heavy atom. The van der Waals surface area contributed by atoms with Crippen LogP contribution in [0.5, 0.6) is 5.75 Å². The topological polar surface area (TPSA) is 99.6 Å². The Balaban J connectivity index is 2.10. The fourth-order valence-corrected chi connectivity index (χ4v) is 3.37. The predicted molar refractivity (Wildman–Crippen MR) is 119 cm³/mol. The maximum atomic E-state index is 12.9. The van der Waals surface area contributed by atoms with Crippen molar-refractivity contribution in [1.29, 1.82) is 0 Å². The van der Waals surface area contributed by atoms with Crippen LogP contribution in [0.25, 0.3) is 10.9 Å². The van der Waals surface area contributed by atoms with Crippen molar-refractivity contribution in [2.45, 2.75) is 13.3 Å². The van der Waals surface area contributed by atoms with Crippen LogP contribution in [0.3, 0.4) is 0 Å². The van der Waals surface area contributed by atoms with Crippen LogP contribution in [0.1, 0.15) is 18.3 Å². The lowest BCUT2D eigenvalue weighted by atomic mass is 10.2. The molecule has 0 bridgehead atoms. The number of terminal acetylenes is 1. The molecular weight excluding hydrogens is 476 g/mol. The number of nitro benzene ring substituents is 1. The van der Waals surface area contributed by atoms with Crippen LogP contribution >= 0.6 is 27.5 Å². The van der Waals surface area contributed by atoms with E-state index in [9.17, 15) is 14.9 Å². The largest absolute Gasteiger partial charge is 0.473 e. The van der Waals surface area contributed by atoms with Crippen molar-refractivity contribution in [2.24, 2.45) is 5.10 Å². The smallest absolute Gasteiger partial charge is 0.313 e. The molecule has 152 valence electrons. The first-order valence-electron chi connectivity index (χ1n) is 8.65. The molecule has 0 N–H and O–H groups in total. The molecule has 0 saturated carbocycles. The highest BCUT2D eigenvalue weighted by Crippen LogP contribution is 2.35. The highest BCUT2D eigenvalue weighted by atomic mass is 79.9. The summed E-state index contributed by atoms with van der Waals surface area (Å²) in [6.07, 6.45) is 6.89. The van der Waals surface area contributed by atoms with Crippen molar-refractivity contribution >= 4 is 50.3 Å². The Morgan fingerprint density at radius 1 is 1.43 bits per heavy atom. The first kappa shape index (κ1) is 21.5. The molecule has 30 heavy (non-hydrogen) atoms. The lowest BCUT2D eigenvalue weighted by Gasteiger charge is -2.09. The number of hydrogen-bond donors (Lipinski definition) is 0. The molecule has 0 saturated heterocycles. The normalized spacial score (nSPS) is 11.0. The molecule has 10 heteroatoms. The van der Waals surface area contributed by atoms with Gasteiger partial charge in [0, 0.05) is 22.5 Å². The average molecular weight is 490 g/mol. The molecule has 1 aromatic heterocycles. The summed E-state index contributed by atoms with van der Waals surface area (Å²) in [4.78, 5) is 28.2. The number of fused-ring (bicyclic) bond motifs is 1. The predicted octanol–water partition coefficient (Wildman–Crippen LogP) is 4.18. The van der Waals surface area contributed by atoms with Gasteiger partial charge in [-0.3, -0.25) is 14.9 Å². The Bertz CT molecular complexity index is 1280. The van der Waals surface area contributed by atoms with Gasteiger partial charge in [-0.25, -0.2) is 4.98 Å². The molecule has 8 nitrogen and oxygen atoms in total. The van der Waals surface area contributed by atoms with E-state index in [1.54, 1.807) is 18.2 Å². The van der Waals surface area contributed by atoms with E-state index in [2.05, 4.69) is 31.9 Å². The molecule has 0 aliphatic heterocycles. The third kappa shape index (κ3) is 4.35. The van der Waals surface area contributed by atoms with E-state index in [0.29, 0.717) is 28.7 Å². The van der Waals surface area contributed by atoms with Crippen LogP contribution in [0.4, 0.5) is 5.69 Å². The van der Waals surface area contributed by atoms with Crippen molar-refractivity contribution < 1.29 is 9.66 Å². The minimum absolute atomic E-state index is 0.00419. The molecule has 3 rings (SSSR count). The molecule has 0 atom stereocenters. The minimum atomic E-state index is -0.631. The summed E-state index contributed by atoms with van der Waals surface area (Å²) in [5, 5.41) is 16.0. The highest BCUT2D eigenvalue weighted by Gasteiger charge is 2.20. The standard InChI is InChI=1S/C20H14BrClN4O4/c1-3-7-30-19-15(22)8-12(9-17(19)26(28)29)11-23-25-18(4-2)24-16-6-5-13(21)10-14(16)20(25)27/h1,5-6,8-11H,4,7H2,2H3. The zero-order chi connectivity index (χ0) is 21.8. The van der Waals surface area contributed by atoms with E-state index in [0.717, 1.165) is 9.15 Å². The Hall–Kier alpha value is -3.22. The van der Waals surface area contributed by atoms with Crippen molar-refractivity contribution in [3.8, 4) is 18.1 Å². The SMILES string of the molecule is C#CCOc1c(Cl)cc(C=Nn2c(CC)nc3ccc(Br)cc3c2=O)cc1[N+](=O)[O-]. The van der Waals surface area contributed by atoms with Crippen molar-refractivity contribution in [3.63, 3.8) is 0 Å². The molecule has 0 unspecified atom stereocenters. The Labute approximate surface area is 184 Å². The van der Waals surface area contributed by atoms with E-state index < -0.39 is 4.92 Å². The fourth-order valence-electron chi connectivity index (χ4n) is 2.73. The Kier molecular flexibility index (Phi) is 6.50. The van der Waals surface area contributed by atoms with Crippen LogP contribution in [0.15, 0.2) is 44.7 Å². The molecule has 0 radical (unpaired) electrons. The number of aromatic nitrogens is 2. The number of rotatable bonds is 6. The maximum absolute atomic E-state index is 12.9. The molecule has 1 heterocycles. The molecule has 0 amide bonds. The molecular formula is C20H14BrClN4O4. The van der Waals surface area contributed by atoms with Crippen LogP contribution in [0.2, 0.25) is 5.02 Å². The van der Waals surface area contributed by atoms with E-state index in [1.165, 1.54) is 18.3 Å². The second kappa shape index (κ2) is 9.07. The number of aryl methyl sites for hydroxylation is 1. The van der Waals surface area contributed by atoms with Gasteiger partial charge < -0.3 is 4.74 Å². The van der Waals surface area contributed by atoms with Gasteiger partial charge in [0.15, 0.2) is 0 Å². The third-order valence-electron chi connectivity index (χ3n) is 4.06. The van der Waals surface area contributed by atoms with Gasteiger partial charge in [-0.1, -0.05) is 40.4 Å². The number of benzene rings is 2. The van der Waals surface area contributed by atoms with Crippen molar-refractivity contribution in [3.05, 3.63) is 71.7 Å². The van der Waals surface area contributed by atoms with Crippen LogP contribution in [-0.4, -0.2) is 27.4 Å². The van der Waals surface area contributed by atoms with E-state index in [4.69, 9.17) is 22.8 Å². The van der Waals surface area contributed by atoms with Gasteiger partial charge in [0.2, 0.25) is 5.75 Å². The van der Waals surface area contributed by atoms with Crippen molar-refractivity contribution in [1.82, 2.24) is 9.66 Å². The van der Waals surface area contributed by atoms with Gasteiger partial charge >= 0.3 is 5.69 Å². The van der Waals surface area contributed by atoms with E-state index >= 15 is 0 Å². The zero-order valence-corrected chi connectivity index (χ0v) is 18.0. The molecule has 0 spiro atoms. The second-order valence-electron chi connectivity index (χ2n) is 6.01. The fraction of sp³-hybridized carbons (Fsp3) is 0.150. The number of ether oxygens (including phenoxy) is 1. The van der Waals surface area contributed by atoms with Gasteiger partial charge in [-0.05, 0) is 24.3 Å². The molecule has 2 aromatic carbocycles. The quantitative estimate of drug-likeness (QED) is 0.224. The van der Waals surface area contributed by atoms with Gasteiger partial charge in [0.25, 0.3) is 5.56 Å². The summed E-state index contributed by atoms with van der Waals surface area (Å²) < 4.78 is 7.09. The summed E-state index contributed by atoms with van der Waals surface area (Å²) >= 11 is 9.48. The van der Waals surface area contributed by atoms with E-state index in [1.807, 2.05) is 6.92 Å². The minimum Gasteiger partial charge on any atom is -0.473 e. The number of hydrogen-bond acceptors (Lipinski definition) is 6. The first-order valence-corrected chi connectivity index (χ1v) is 9.82. The Morgan fingerprint density at radius 3 is 2.87 bits per heavy atom. The molecule has 0 fully saturated rings. The monoisotopic (exact) mass is 488 g/mol. The first-order chi connectivity index (χ1) is 14.3. The van der Waals surface area contributed by atoms with Gasteiger partial charge in [0.05, 0.1) is 27.1 Å². The van der Waals surface area contributed by atoms with Gasteiger partial charge in [0.1, 0.15) is 12.4 Å². The lowest BCUT2D eigenvalue weighted by Crippen LogP contribution is -2.22. The van der Waals surface area contributed by atoms with Crippen LogP contribution < -0.4 is 10.3 Å². The molecule has 0 aliphatic carbocycles. The summed E-state index contributed by atoms with van der Waals surface area (Å²) in [5.41, 5.74) is 0.148. The number of halogens is 2. The number of nitrogens with zero attached hydrogens (tertiary/aromatic N) is 4. The second-order valence-corrected chi connectivity index (χ2v) is 7.33. The zero-order valence-electron chi connectivity index (χ0n) is 15.6.